The Morgan fingerprint density at radius 2 is 2.18 bits per heavy atom. The number of amides is 1. The maximum atomic E-state index is 11.7. The number of anilines is 1. The van der Waals surface area contributed by atoms with Gasteiger partial charge < -0.3 is 26.2 Å². The van der Waals surface area contributed by atoms with E-state index in [0.717, 1.165) is 0 Å². The summed E-state index contributed by atoms with van der Waals surface area (Å²) in [7, 11) is 0. The Bertz CT molecular complexity index is 810. The first-order valence-corrected chi connectivity index (χ1v) is 7.07. The molecule has 0 aliphatic heterocycles. The van der Waals surface area contributed by atoms with Gasteiger partial charge in [0, 0.05) is 5.92 Å². The lowest BCUT2D eigenvalue weighted by Gasteiger charge is -2.23. The van der Waals surface area contributed by atoms with Gasteiger partial charge in [0.1, 0.15) is 11.6 Å². The Morgan fingerprint density at radius 3 is 2.82 bits per heavy atom. The zero-order chi connectivity index (χ0) is 15.8. The number of aliphatic hydroxyl groups is 2. The third-order valence-corrected chi connectivity index (χ3v) is 5.04. The van der Waals surface area contributed by atoms with Crippen molar-refractivity contribution < 1.29 is 15.0 Å². The van der Waals surface area contributed by atoms with E-state index in [4.69, 9.17) is 23.1 Å². The number of halogens is 1. The van der Waals surface area contributed by atoms with Crippen LogP contribution in [0.2, 0.25) is 5.28 Å². The second kappa shape index (κ2) is 4.06. The topological polar surface area (TPSA) is 153 Å². The molecule has 2 aromatic rings. The van der Waals surface area contributed by atoms with Crippen LogP contribution in [0.5, 0.6) is 0 Å². The largest absolute Gasteiger partial charge is 0.389 e. The standard InChI is InChI=1S/C12H13ClN6O3/c13-11-17-8(14)4-9(18-11)19(2-16-4)5-3-1-12(3,10(15)22)7(21)6(5)20/h2-3,5-7,20-21H,1H2,(H2,15,22)(H2,14,17,18)/t3-,5-,6+,7+,12+/m1/s1. The molecular formula is C12H13ClN6O3. The summed E-state index contributed by atoms with van der Waals surface area (Å²) in [6.07, 6.45) is -0.507. The Balaban J connectivity index is 1.86. The highest BCUT2D eigenvalue weighted by Crippen LogP contribution is 2.67. The average molecular weight is 325 g/mol. The lowest BCUT2D eigenvalue weighted by Crippen LogP contribution is -2.40. The molecule has 2 aliphatic carbocycles. The van der Waals surface area contributed by atoms with Crippen LogP contribution in [0.4, 0.5) is 5.82 Å². The van der Waals surface area contributed by atoms with Crippen molar-refractivity contribution >= 4 is 34.5 Å². The van der Waals surface area contributed by atoms with Crippen molar-refractivity contribution in [3.05, 3.63) is 11.6 Å². The molecule has 1 amide bonds. The van der Waals surface area contributed by atoms with Gasteiger partial charge in [0.15, 0.2) is 11.5 Å². The molecule has 6 N–H and O–H groups in total. The fourth-order valence-corrected chi connectivity index (χ4v) is 3.89. The van der Waals surface area contributed by atoms with E-state index in [0.29, 0.717) is 17.6 Å². The molecule has 5 atom stereocenters. The molecule has 0 aromatic carbocycles. The SMILES string of the molecule is NC(=O)[C@@]12C[C@@H]1[C@@H](n1cnc3c(N)nc(Cl)nc31)[C@H](O)[C@@H]2O. The predicted octanol–water partition coefficient (Wildman–Crippen LogP) is -1.17. The van der Waals surface area contributed by atoms with Crippen molar-refractivity contribution in [1.29, 1.82) is 0 Å². The fraction of sp³-hybridized carbons (Fsp3) is 0.500. The maximum Gasteiger partial charge on any atom is 0.226 e. The van der Waals surface area contributed by atoms with Crippen molar-refractivity contribution in [3.63, 3.8) is 0 Å². The number of hydrogen-bond donors (Lipinski definition) is 4. The molecule has 0 bridgehead atoms. The minimum Gasteiger partial charge on any atom is -0.389 e. The summed E-state index contributed by atoms with van der Waals surface area (Å²) in [6, 6.07) is -0.571. The van der Waals surface area contributed by atoms with Gasteiger partial charge in [-0.05, 0) is 18.0 Å². The van der Waals surface area contributed by atoms with Crippen molar-refractivity contribution in [2.24, 2.45) is 17.1 Å². The average Bonchev–Trinajstić information content (AvgIpc) is 2.99. The number of carbonyl (C=O) groups is 1. The lowest BCUT2D eigenvalue weighted by molar-refractivity contribution is -0.129. The molecule has 22 heavy (non-hydrogen) atoms. The van der Waals surface area contributed by atoms with Gasteiger partial charge >= 0.3 is 0 Å². The summed E-state index contributed by atoms with van der Waals surface area (Å²) >= 11 is 5.82. The molecule has 4 rings (SSSR count). The van der Waals surface area contributed by atoms with Crippen LogP contribution in [0, 0.1) is 11.3 Å². The molecule has 0 unspecified atom stereocenters. The van der Waals surface area contributed by atoms with E-state index >= 15 is 0 Å². The molecule has 2 heterocycles. The van der Waals surface area contributed by atoms with Crippen LogP contribution >= 0.6 is 11.6 Å². The van der Waals surface area contributed by atoms with E-state index in [2.05, 4.69) is 15.0 Å². The van der Waals surface area contributed by atoms with Gasteiger partial charge in [-0.2, -0.15) is 9.97 Å². The zero-order valence-electron chi connectivity index (χ0n) is 11.2. The summed E-state index contributed by atoms with van der Waals surface area (Å²) in [4.78, 5) is 23.7. The molecule has 9 nitrogen and oxygen atoms in total. The second-order valence-electron chi connectivity index (χ2n) is 5.84. The second-order valence-corrected chi connectivity index (χ2v) is 6.18. The Kier molecular flexibility index (Phi) is 2.52. The number of carbonyl (C=O) groups excluding carboxylic acids is 1. The summed E-state index contributed by atoms with van der Waals surface area (Å²) in [6.45, 7) is 0. The highest BCUT2D eigenvalue weighted by atomic mass is 35.5. The number of nitrogen functional groups attached to an aromatic ring is 1. The predicted molar refractivity (Wildman–Crippen MR) is 75.5 cm³/mol. The minimum atomic E-state index is -1.22. The summed E-state index contributed by atoms with van der Waals surface area (Å²) in [5.41, 5.74) is 10.8. The summed E-state index contributed by atoms with van der Waals surface area (Å²) in [5.74, 6) is -0.760. The molecule has 2 saturated carbocycles. The fourth-order valence-electron chi connectivity index (χ4n) is 3.72. The first-order chi connectivity index (χ1) is 10.4. The van der Waals surface area contributed by atoms with Crippen LogP contribution in [0.1, 0.15) is 12.5 Å². The van der Waals surface area contributed by atoms with E-state index in [1.54, 1.807) is 4.57 Å². The van der Waals surface area contributed by atoms with Crippen molar-refractivity contribution in [2.75, 3.05) is 5.73 Å². The van der Waals surface area contributed by atoms with Crippen LogP contribution in [0.3, 0.4) is 0 Å². The highest BCUT2D eigenvalue weighted by molar-refractivity contribution is 6.28. The zero-order valence-corrected chi connectivity index (χ0v) is 12.0. The molecule has 10 heteroatoms. The molecule has 2 aromatic heterocycles. The molecule has 0 spiro atoms. The quantitative estimate of drug-likeness (QED) is 0.507. The number of primary amides is 1. The van der Waals surface area contributed by atoms with Crippen LogP contribution in [-0.2, 0) is 4.79 Å². The number of hydrogen-bond acceptors (Lipinski definition) is 7. The highest BCUT2D eigenvalue weighted by Gasteiger charge is 2.75. The number of aromatic nitrogens is 4. The van der Waals surface area contributed by atoms with Gasteiger partial charge in [-0.15, -0.1) is 0 Å². The smallest absolute Gasteiger partial charge is 0.226 e. The third kappa shape index (κ3) is 1.45. The third-order valence-electron chi connectivity index (χ3n) is 4.87. The van der Waals surface area contributed by atoms with E-state index in [-0.39, 0.29) is 17.0 Å². The van der Waals surface area contributed by atoms with Gasteiger partial charge in [-0.3, -0.25) is 4.79 Å². The van der Waals surface area contributed by atoms with Gasteiger partial charge in [-0.25, -0.2) is 4.98 Å². The summed E-state index contributed by atoms with van der Waals surface area (Å²) < 4.78 is 1.58. The van der Waals surface area contributed by atoms with Crippen LogP contribution in [0.25, 0.3) is 11.2 Å². The molecule has 116 valence electrons. The molecular weight excluding hydrogens is 312 g/mol. The first-order valence-electron chi connectivity index (χ1n) is 6.69. The van der Waals surface area contributed by atoms with E-state index in [9.17, 15) is 15.0 Å². The number of aliphatic hydroxyl groups excluding tert-OH is 2. The number of imidazole rings is 1. The van der Waals surface area contributed by atoms with Gasteiger partial charge in [0.2, 0.25) is 11.2 Å². The van der Waals surface area contributed by atoms with Crippen molar-refractivity contribution in [1.82, 2.24) is 19.5 Å². The molecule has 2 fully saturated rings. The Morgan fingerprint density at radius 1 is 1.45 bits per heavy atom. The Labute approximate surface area is 128 Å². The van der Waals surface area contributed by atoms with Crippen LogP contribution in [-0.4, -0.2) is 47.8 Å². The molecule has 0 saturated heterocycles. The van der Waals surface area contributed by atoms with E-state index < -0.39 is 29.6 Å². The minimum absolute atomic E-state index is 0.0447. The summed E-state index contributed by atoms with van der Waals surface area (Å²) in [5, 5.41) is 20.5. The maximum absolute atomic E-state index is 11.7. The van der Waals surface area contributed by atoms with Crippen LogP contribution < -0.4 is 11.5 Å². The van der Waals surface area contributed by atoms with Crippen LogP contribution in [0.15, 0.2) is 6.33 Å². The monoisotopic (exact) mass is 324 g/mol. The van der Waals surface area contributed by atoms with Crippen molar-refractivity contribution in [2.45, 2.75) is 24.7 Å². The number of nitrogens with two attached hydrogens (primary N) is 2. The van der Waals surface area contributed by atoms with Gasteiger partial charge in [-0.1, -0.05) is 0 Å². The van der Waals surface area contributed by atoms with E-state index in [1.807, 2.05) is 0 Å². The molecule has 2 aliphatic rings. The van der Waals surface area contributed by atoms with E-state index in [1.165, 1.54) is 6.33 Å². The number of nitrogens with zero attached hydrogens (tertiary/aromatic N) is 4. The van der Waals surface area contributed by atoms with Gasteiger partial charge in [0.25, 0.3) is 0 Å². The lowest BCUT2D eigenvalue weighted by atomic mass is 9.99. The van der Waals surface area contributed by atoms with Gasteiger partial charge in [0.05, 0.1) is 23.9 Å². The Hall–Kier alpha value is -1.97. The van der Waals surface area contributed by atoms with Crippen molar-refractivity contribution in [3.8, 4) is 0 Å². The molecule has 0 radical (unpaired) electrons. The number of fused-ring (bicyclic) bond motifs is 2. The first kappa shape index (κ1) is 13.7. The normalized spacial score (nSPS) is 36.5. The number of rotatable bonds is 2.